The zero-order valence-corrected chi connectivity index (χ0v) is 15.4. The van der Waals surface area contributed by atoms with E-state index in [4.69, 9.17) is 10.7 Å². The number of benzene rings is 2. The lowest BCUT2D eigenvalue weighted by atomic mass is 10.0. The molecule has 0 radical (unpaired) electrons. The lowest BCUT2D eigenvalue weighted by Crippen LogP contribution is -1.91. The van der Waals surface area contributed by atoms with Crippen molar-refractivity contribution >= 4 is 27.5 Å². The van der Waals surface area contributed by atoms with Crippen LogP contribution in [0.25, 0.3) is 21.8 Å². The average Bonchev–Trinajstić information content (AvgIpc) is 2.63. The summed E-state index contributed by atoms with van der Waals surface area (Å²) in [6.45, 7) is 2.27. The lowest BCUT2D eigenvalue weighted by Gasteiger charge is -2.07. The zero-order valence-electron chi connectivity index (χ0n) is 15.4. The average molecular weight is 335 g/mol. The van der Waals surface area contributed by atoms with E-state index in [-0.39, 0.29) is 0 Å². The van der Waals surface area contributed by atoms with Gasteiger partial charge < -0.3 is 5.73 Å². The number of aromatic nitrogens is 1. The molecular weight excluding hydrogens is 304 g/mol. The van der Waals surface area contributed by atoms with Gasteiger partial charge in [0.25, 0.3) is 0 Å². The van der Waals surface area contributed by atoms with Crippen LogP contribution in [-0.2, 0) is 6.42 Å². The summed E-state index contributed by atoms with van der Waals surface area (Å²) in [5, 5.41) is 2.34. The molecule has 1 aromatic heterocycles. The molecule has 0 aliphatic carbocycles. The number of hydrogen-bond donors (Lipinski definition) is 1. The molecule has 0 aliphatic rings. The molecule has 0 unspecified atom stereocenters. The quantitative estimate of drug-likeness (QED) is 0.270. The van der Waals surface area contributed by atoms with Crippen LogP contribution < -0.4 is 5.73 Å². The Balaban J connectivity index is 1.57. The predicted molar refractivity (Wildman–Crippen MR) is 110 cm³/mol. The van der Waals surface area contributed by atoms with E-state index in [1.165, 1.54) is 68.7 Å². The standard InChI is InChI=1S/C23H30N2/c1-2-3-4-5-6-7-8-9-11-18-14-15-22-20(16-18)17-19-12-10-13-21(24)23(19)25-22/h10,12-17H,2-9,11,24H2,1H3. The molecule has 0 bridgehead atoms. The molecule has 0 spiro atoms. The van der Waals surface area contributed by atoms with Crippen LogP contribution in [0.15, 0.2) is 42.5 Å². The van der Waals surface area contributed by atoms with Gasteiger partial charge in [-0.05, 0) is 42.7 Å². The van der Waals surface area contributed by atoms with Crippen LogP contribution in [0.3, 0.4) is 0 Å². The minimum absolute atomic E-state index is 0.752. The molecule has 3 rings (SSSR count). The first-order valence-electron chi connectivity index (χ1n) is 9.86. The molecule has 3 aromatic rings. The Morgan fingerprint density at radius 2 is 1.56 bits per heavy atom. The number of hydrogen-bond acceptors (Lipinski definition) is 2. The number of nitrogens with two attached hydrogens (primary N) is 1. The molecule has 0 atom stereocenters. The van der Waals surface area contributed by atoms with E-state index >= 15 is 0 Å². The van der Waals surface area contributed by atoms with Gasteiger partial charge in [0.1, 0.15) is 0 Å². The van der Waals surface area contributed by atoms with Crippen molar-refractivity contribution in [2.24, 2.45) is 0 Å². The minimum Gasteiger partial charge on any atom is -0.397 e. The third-order valence-electron chi connectivity index (χ3n) is 5.05. The fourth-order valence-electron chi connectivity index (χ4n) is 3.55. The van der Waals surface area contributed by atoms with Crippen LogP contribution in [0.1, 0.15) is 63.9 Å². The minimum atomic E-state index is 0.752. The summed E-state index contributed by atoms with van der Waals surface area (Å²) in [5.41, 5.74) is 10.2. The number of nitrogens with zero attached hydrogens (tertiary/aromatic N) is 1. The highest BCUT2D eigenvalue weighted by atomic mass is 14.7. The summed E-state index contributed by atoms with van der Waals surface area (Å²) in [5.74, 6) is 0. The fraction of sp³-hybridized carbons (Fsp3) is 0.435. The van der Waals surface area contributed by atoms with Gasteiger partial charge in [-0.1, -0.05) is 70.1 Å². The highest BCUT2D eigenvalue weighted by molar-refractivity contribution is 5.97. The molecule has 2 N–H and O–H groups in total. The second-order valence-corrected chi connectivity index (χ2v) is 7.16. The van der Waals surface area contributed by atoms with Gasteiger partial charge in [-0.25, -0.2) is 4.98 Å². The maximum Gasteiger partial charge on any atom is 0.0938 e. The zero-order chi connectivity index (χ0) is 17.5. The molecule has 25 heavy (non-hydrogen) atoms. The molecule has 132 valence electrons. The van der Waals surface area contributed by atoms with Crippen molar-refractivity contribution < 1.29 is 0 Å². The number of aryl methyl sites for hydroxylation is 1. The molecule has 2 nitrogen and oxygen atoms in total. The maximum atomic E-state index is 6.05. The molecule has 0 saturated carbocycles. The Kier molecular flexibility index (Phi) is 6.27. The normalized spacial score (nSPS) is 11.4. The summed E-state index contributed by atoms with van der Waals surface area (Å²) in [4.78, 5) is 4.74. The van der Waals surface area contributed by atoms with Gasteiger partial charge in [0, 0.05) is 10.8 Å². The van der Waals surface area contributed by atoms with E-state index in [1.807, 2.05) is 12.1 Å². The highest BCUT2D eigenvalue weighted by Crippen LogP contribution is 2.25. The second kappa shape index (κ2) is 8.84. The smallest absolute Gasteiger partial charge is 0.0938 e. The molecular formula is C23H30N2. The van der Waals surface area contributed by atoms with Crippen LogP contribution >= 0.6 is 0 Å². The molecule has 2 aromatic carbocycles. The Hall–Kier alpha value is -2.09. The van der Waals surface area contributed by atoms with E-state index in [2.05, 4.69) is 37.3 Å². The SMILES string of the molecule is CCCCCCCCCCc1ccc2nc3c(N)cccc3cc2c1. The molecule has 1 heterocycles. The number of rotatable bonds is 9. The Morgan fingerprint density at radius 3 is 2.36 bits per heavy atom. The van der Waals surface area contributed by atoms with Gasteiger partial charge in [0.05, 0.1) is 16.7 Å². The third kappa shape index (κ3) is 4.72. The number of para-hydroxylation sites is 1. The Bertz CT molecular complexity index is 823. The fourth-order valence-corrected chi connectivity index (χ4v) is 3.55. The van der Waals surface area contributed by atoms with Crippen molar-refractivity contribution in [3.05, 3.63) is 48.0 Å². The monoisotopic (exact) mass is 334 g/mol. The second-order valence-electron chi connectivity index (χ2n) is 7.16. The van der Waals surface area contributed by atoms with Crippen LogP contribution in [-0.4, -0.2) is 4.98 Å². The third-order valence-corrected chi connectivity index (χ3v) is 5.05. The number of unbranched alkanes of at least 4 members (excludes halogenated alkanes) is 7. The first-order chi connectivity index (χ1) is 12.3. The molecule has 0 fully saturated rings. The summed E-state index contributed by atoms with van der Waals surface area (Å²) in [7, 11) is 0. The topological polar surface area (TPSA) is 38.9 Å². The summed E-state index contributed by atoms with van der Waals surface area (Å²) < 4.78 is 0. The summed E-state index contributed by atoms with van der Waals surface area (Å²) >= 11 is 0. The van der Waals surface area contributed by atoms with Crippen molar-refractivity contribution in [3.63, 3.8) is 0 Å². The van der Waals surface area contributed by atoms with E-state index in [1.54, 1.807) is 0 Å². The number of nitrogen functional groups attached to an aromatic ring is 1. The van der Waals surface area contributed by atoms with Crippen molar-refractivity contribution in [1.29, 1.82) is 0 Å². The molecule has 0 amide bonds. The van der Waals surface area contributed by atoms with E-state index in [9.17, 15) is 0 Å². The Labute approximate surface area is 151 Å². The summed E-state index contributed by atoms with van der Waals surface area (Å²) in [6.07, 6.45) is 12.1. The van der Waals surface area contributed by atoms with E-state index < -0.39 is 0 Å². The van der Waals surface area contributed by atoms with Crippen LogP contribution in [0.2, 0.25) is 0 Å². The van der Waals surface area contributed by atoms with Crippen LogP contribution in [0.4, 0.5) is 5.69 Å². The van der Waals surface area contributed by atoms with Crippen molar-refractivity contribution in [2.45, 2.75) is 64.7 Å². The van der Waals surface area contributed by atoms with Crippen LogP contribution in [0.5, 0.6) is 0 Å². The highest BCUT2D eigenvalue weighted by Gasteiger charge is 2.04. The lowest BCUT2D eigenvalue weighted by molar-refractivity contribution is 0.575. The molecule has 0 saturated heterocycles. The molecule has 0 aliphatic heterocycles. The first-order valence-corrected chi connectivity index (χ1v) is 9.86. The van der Waals surface area contributed by atoms with Crippen molar-refractivity contribution in [3.8, 4) is 0 Å². The van der Waals surface area contributed by atoms with Crippen LogP contribution in [0, 0.1) is 0 Å². The van der Waals surface area contributed by atoms with Gasteiger partial charge in [-0.2, -0.15) is 0 Å². The Morgan fingerprint density at radius 1 is 0.800 bits per heavy atom. The van der Waals surface area contributed by atoms with Crippen molar-refractivity contribution in [1.82, 2.24) is 4.98 Å². The number of fused-ring (bicyclic) bond motifs is 2. The van der Waals surface area contributed by atoms with Gasteiger partial charge in [0.15, 0.2) is 0 Å². The first kappa shape index (κ1) is 17.7. The summed E-state index contributed by atoms with van der Waals surface area (Å²) in [6, 6.07) is 14.9. The van der Waals surface area contributed by atoms with Gasteiger partial charge in [-0.15, -0.1) is 0 Å². The van der Waals surface area contributed by atoms with Gasteiger partial charge in [0.2, 0.25) is 0 Å². The van der Waals surface area contributed by atoms with Gasteiger partial charge >= 0.3 is 0 Å². The number of pyridine rings is 1. The molecule has 2 heteroatoms. The maximum absolute atomic E-state index is 6.05. The van der Waals surface area contributed by atoms with Gasteiger partial charge in [-0.3, -0.25) is 0 Å². The largest absolute Gasteiger partial charge is 0.397 e. The van der Waals surface area contributed by atoms with E-state index in [0.29, 0.717) is 0 Å². The number of anilines is 1. The predicted octanol–water partition coefficient (Wildman–Crippen LogP) is 6.65. The van der Waals surface area contributed by atoms with Crippen molar-refractivity contribution in [2.75, 3.05) is 5.73 Å². The van der Waals surface area contributed by atoms with E-state index in [0.717, 1.165) is 22.1 Å².